The van der Waals surface area contributed by atoms with Gasteiger partial charge >= 0.3 is 0 Å². The number of nitrogens with one attached hydrogen (secondary N) is 1. The summed E-state index contributed by atoms with van der Waals surface area (Å²) in [6.45, 7) is 3.20. The monoisotopic (exact) mass is 391 g/mol. The number of halogens is 1. The summed E-state index contributed by atoms with van der Waals surface area (Å²) in [7, 11) is 1.72. The van der Waals surface area contributed by atoms with Gasteiger partial charge in [-0.2, -0.15) is 5.10 Å². The van der Waals surface area contributed by atoms with Crippen molar-refractivity contribution in [3.05, 3.63) is 48.0 Å². The van der Waals surface area contributed by atoms with Crippen molar-refractivity contribution in [2.45, 2.75) is 31.7 Å². The van der Waals surface area contributed by atoms with E-state index in [-0.39, 0.29) is 5.52 Å². The predicted octanol–water partition coefficient (Wildman–Crippen LogP) is 3.88. The molecule has 0 radical (unpaired) electrons. The average molecular weight is 391 g/mol. The first kappa shape index (κ1) is 18.0. The molecule has 5 rings (SSSR count). The molecule has 4 aromatic rings. The molecule has 4 heterocycles. The van der Waals surface area contributed by atoms with Crippen LogP contribution >= 0.6 is 0 Å². The standard InChI is InChI=1S/C22H22FN5O/c1-12-9-13(7-8-24-12)16-3-5-19-18(25-16)6-4-17(26-19)15-10-14-11-28(2)27-21(14)20(23)22(15)29/h3-6,10-13,24,29H,7-9H2,1-2H3/t12-,13+/m1/s1. The Morgan fingerprint density at radius 2 is 1.97 bits per heavy atom. The molecular weight excluding hydrogens is 369 g/mol. The molecule has 6 nitrogen and oxygen atoms in total. The lowest BCUT2D eigenvalue weighted by Gasteiger charge is -2.27. The zero-order valence-electron chi connectivity index (χ0n) is 16.4. The van der Waals surface area contributed by atoms with Crippen molar-refractivity contribution >= 4 is 21.9 Å². The summed E-state index contributed by atoms with van der Waals surface area (Å²) in [6, 6.07) is 9.87. The van der Waals surface area contributed by atoms with Gasteiger partial charge in [0.15, 0.2) is 11.6 Å². The van der Waals surface area contributed by atoms with Crippen LogP contribution in [0.1, 0.15) is 31.4 Å². The molecule has 0 saturated carbocycles. The van der Waals surface area contributed by atoms with Crippen molar-refractivity contribution in [1.29, 1.82) is 0 Å². The van der Waals surface area contributed by atoms with Crippen LogP contribution in [0.3, 0.4) is 0 Å². The minimum absolute atomic E-state index is 0.150. The number of piperidine rings is 1. The SMILES string of the molecule is C[C@@H]1C[C@@H](c2ccc3nc(-c4cc5cn(C)nc5c(F)c4O)ccc3n2)CCN1. The molecule has 1 saturated heterocycles. The zero-order chi connectivity index (χ0) is 20.1. The molecular formula is C22H22FN5O. The van der Waals surface area contributed by atoms with Crippen LogP contribution in [0.25, 0.3) is 33.2 Å². The Labute approximate surface area is 167 Å². The number of phenolic OH excluding ortho intramolecular Hbond substituents is 1. The van der Waals surface area contributed by atoms with Crippen LogP contribution in [0.15, 0.2) is 36.5 Å². The second-order valence-corrected chi connectivity index (χ2v) is 7.87. The second kappa shape index (κ2) is 6.77. The van der Waals surface area contributed by atoms with E-state index in [9.17, 15) is 9.50 Å². The summed E-state index contributed by atoms with van der Waals surface area (Å²) < 4.78 is 16.1. The zero-order valence-corrected chi connectivity index (χ0v) is 16.4. The summed E-state index contributed by atoms with van der Waals surface area (Å²) in [4.78, 5) is 9.45. The van der Waals surface area contributed by atoms with Crippen molar-refractivity contribution in [3.8, 4) is 17.0 Å². The normalized spacial score (nSPS) is 19.8. The van der Waals surface area contributed by atoms with Crippen LogP contribution in [-0.2, 0) is 7.05 Å². The van der Waals surface area contributed by atoms with Gasteiger partial charge in [0.1, 0.15) is 5.52 Å². The maximum absolute atomic E-state index is 14.6. The van der Waals surface area contributed by atoms with E-state index in [4.69, 9.17) is 4.98 Å². The van der Waals surface area contributed by atoms with E-state index in [1.54, 1.807) is 25.4 Å². The van der Waals surface area contributed by atoms with Crippen LogP contribution in [0.4, 0.5) is 4.39 Å². The molecule has 1 aliphatic heterocycles. The number of pyridine rings is 2. The Balaban J connectivity index is 1.56. The third-order valence-electron chi connectivity index (χ3n) is 5.71. The number of phenols is 1. The van der Waals surface area contributed by atoms with Gasteiger partial charge in [-0.25, -0.2) is 9.37 Å². The highest BCUT2D eigenvalue weighted by Gasteiger charge is 2.22. The summed E-state index contributed by atoms with van der Waals surface area (Å²) in [5.41, 5.74) is 3.62. The minimum atomic E-state index is -0.728. The number of aryl methyl sites for hydroxylation is 1. The first-order chi connectivity index (χ1) is 14.0. The summed E-state index contributed by atoms with van der Waals surface area (Å²) in [5, 5.41) is 18.5. The van der Waals surface area contributed by atoms with Crippen molar-refractivity contribution in [1.82, 2.24) is 25.1 Å². The van der Waals surface area contributed by atoms with E-state index in [1.165, 1.54) is 4.68 Å². The van der Waals surface area contributed by atoms with Gasteiger partial charge in [-0.3, -0.25) is 9.67 Å². The molecule has 0 aliphatic carbocycles. The van der Waals surface area contributed by atoms with Gasteiger partial charge in [-0.05, 0) is 56.6 Å². The predicted molar refractivity (Wildman–Crippen MR) is 110 cm³/mol. The number of fused-ring (bicyclic) bond motifs is 2. The largest absolute Gasteiger partial charge is 0.504 e. The minimum Gasteiger partial charge on any atom is -0.504 e. The Morgan fingerprint density at radius 3 is 2.79 bits per heavy atom. The summed E-state index contributed by atoms with van der Waals surface area (Å²) in [6.07, 6.45) is 3.87. The maximum Gasteiger partial charge on any atom is 0.193 e. The molecule has 2 atom stereocenters. The second-order valence-electron chi connectivity index (χ2n) is 7.87. The third-order valence-corrected chi connectivity index (χ3v) is 5.71. The molecule has 2 N–H and O–H groups in total. The quantitative estimate of drug-likeness (QED) is 0.542. The van der Waals surface area contributed by atoms with Gasteiger partial charge in [0.05, 0.1) is 16.7 Å². The third kappa shape index (κ3) is 3.11. The highest BCUT2D eigenvalue weighted by Crippen LogP contribution is 2.36. The Bertz CT molecular complexity index is 1240. The summed E-state index contributed by atoms with van der Waals surface area (Å²) in [5.74, 6) is -0.716. The lowest BCUT2D eigenvalue weighted by molar-refractivity contribution is 0.377. The van der Waals surface area contributed by atoms with E-state index >= 15 is 0 Å². The van der Waals surface area contributed by atoms with Crippen LogP contribution in [-0.4, -0.2) is 37.4 Å². The van der Waals surface area contributed by atoms with E-state index < -0.39 is 11.6 Å². The molecule has 0 spiro atoms. The molecule has 0 amide bonds. The van der Waals surface area contributed by atoms with Crippen LogP contribution in [0, 0.1) is 5.82 Å². The van der Waals surface area contributed by atoms with Crippen LogP contribution in [0.5, 0.6) is 5.75 Å². The van der Waals surface area contributed by atoms with Gasteiger partial charge in [-0.15, -0.1) is 0 Å². The van der Waals surface area contributed by atoms with E-state index in [0.29, 0.717) is 28.6 Å². The smallest absolute Gasteiger partial charge is 0.193 e. The number of rotatable bonds is 2. The lowest BCUT2D eigenvalue weighted by Crippen LogP contribution is -2.35. The van der Waals surface area contributed by atoms with E-state index in [0.717, 1.165) is 36.1 Å². The van der Waals surface area contributed by atoms with Gasteiger partial charge in [0.2, 0.25) is 0 Å². The first-order valence-corrected chi connectivity index (χ1v) is 9.86. The fourth-order valence-electron chi connectivity index (χ4n) is 4.24. The fourth-order valence-corrected chi connectivity index (χ4v) is 4.24. The number of nitrogens with zero attached hydrogens (tertiary/aromatic N) is 4. The van der Waals surface area contributed by atoms with Crippen molar-refractivity contribution in [2.24, 2.45) is 7.05 Å². The molecule has 1 aromatic carbocycles. The van der Waals surface area contributed by atoms with E-state index in [1.807, 2.05) is 18.2 Å². The van der Waals surface area contributed by atoms with E-state index in [2.05, 4.69) is 22.3 Å². The summed E-state index contributed by atoms with van der Waals surface area (Å²) >= 11 is 0. The highest BCUT2D eigenvalue weighted by molar-refractivity contribution is 5.89. The number of hydrogen-bond donors (Lipinski definition) is 2. The molecule has 1 fully saturated rings. The topological polar surface area (TPSA) is 75.9 Å². The number of hydrogen-bond acceptors (Lipinski definition) is 5. The van der Waals surface area contributed by atoms with Crippen molar-refractivity contribution < 1.29 is 9.50 Å². The molecule has 148 valence electrons. The van der Waals surface area contributed by atoms with Crippen LogP contribution < -0.4 is 5.32 Å². The molecule has 0 unspecified atom stereocenters. The maximum atomic E-state index is 14.6. The van der Waals surface area contributed by atoms with Crippen LogP contribution in [0.2, 0.25) is 0 Å². The Morgan fingerprint density at radius 1 is 1.17 bits per heavy atom. The van der Waals surface area contributed by atoms with Crippen molar-refractivity contribution in [2.75, 3.05) is 6.54 Å². The Hall–Kier alpha value is -3.06. The fraction of sp³-hybridized carbons (Fsp3) is 0.318. The van der Waals surface area contributed by atoms with Gasteiger partial charge in [-0.1, -0.05) is 0 Å². The molecule has 1 aliphatic rings. The number of benzene rings is 1. The molecule has 7 heteroatoms. The van der Waals surface area contributed by atoms with Gasteiger partial charge in [0.25, 0.3) is 0 Å². The lowest BCUT2D eigenvalue weighted by atomic mass is 9.90. The van der Waals surface area contributed by atoms with Crippen molar-refractivity contribution in [3.63, 3.8) is 0 Å². The Kier molecular flexibility index (Phi) is 4.20. The van der Waals surface area contributed by atoms with Gasteiger partial charge in [0, 0.05) is 41.8 Å². The average Bonchev–Trinajstić information content (AvgIpc) is 3.10. The molecule has 29 heavy (non-hydrogen) atoms. The number of aromatic hydroxyl groups is 1. The molecule has 0 bridgehead atoms. The van der Waals surface area contributed by atoms with Gasteiger partial charge < -0.3 is 10.4 Å². The first-order valence-electron chi connectivity index (χ1n) is 9.86. The molecule has 3 aromatic heterocycles. The highest BCUT2D eigenvalue weighted by atomic mass is 19.1. The number of aromatic nitrogens is 4.